The molecule has 0 saturated carbocycles. The van der Waals surface area contributed by atoms with Gasteiger partial charge in [0.15, 0.2) is 5.83 Å². The Kier molecular flexibility index (Phi) is 8.32. The van der Waals surface area contributed by atoms with E-state index in [4.69, 9.17) is 9.72 Å². The molecule has 1 atom stereocenters. The molecule has 1 amide bonds. The van der Waals surface area contributed by atoms with E-state index in [0.29, 0.717) is 44.0 Å². The Balaban J connectivity index is 1.52. The van der Waals surface area contributed by atoms with E-state index in [2.05, 4.69) is 17.5 Å². The average molecular weight is 587 g/mol. The van der Waals surface area contributed by atoms with Crippen molar-refractivity contribution in [2.24, 2.45) is 0 Å². The fraction of sp³-hybridized carbons (Fsp3) is 0.500. The molecule has 2 aromatic rings. The van der Waals surface area contributed by atoms with Gasteiger partial charge in [0.1, 0.15) is 18.2 Å². The van der Waals surface area contributed by atoms with Crippen LogP contribution in [0.2, 0.25) is 0 Å². The lowest BCUT2D eigenvalue weighted by atomic mass is 9.96. The van der Waals surface area contributed by atoms with Crippen LogP contribution in [0.3, 0.4) is 0 Å². The van der Waals surface area contributed by atoms with Crippen LogP contribution < -0.4 is 14.5 Å². The number of pyridine rings is 1. The van der Waals surface area contributed by atoms with Gasteiger partial charge in [0.25, 0.3) is 5.91 Å². The second-order valence-electron chi connectivity index (χ2n) is 11.1. The van der Waals surface area contributed by atoms with Gasteiger partial charge in [-0.15, -0.1) is 0 Å². The molecule has 2 saturated heterocycles. The quantitative estimate of drug-likeness (QED) is 0.366. The highest BCUT2D eigenvalue weighted by Crippen LogP contribution is 2.42. The number of likely N-dealkylation sites (N-methyl/N-ethyl adjacent to an activating group) is 1. The Bertz CT molecular complexity index is 1410. The number of amides is 1. The summed E-state index contributed by atoms with van der Waals surface area (Å²) >= 11 is 0. The molecule has 8 nitrogen and oxygen atoms in total. The molecule has 1 aromatic heterocycles. The maximum atomic E-state index is 14.1. The van der Waals surface area contributed by atoms with E-state index < -0.39 is 23.5 Å². The van der Waals surface area contributed by atoms with Crippen molar-refractivity contribution in [3.8, 4) is 11.9 Å². The summed E-state index contributed by atoms with van der Waals surface area (Å²) in [6.45, 7) is 7.39. The van der Waals surface area contributed by atoms with Crippen LogP contribution in [-0.2, 0) is 23.9 Å². The summed E-state index contributed by atoms with van der Waals surface area (Å²) in [5, 5.41) is 10.3. The Morgan fingerprint density at radius 3 is 2.52 bits per heavy atom. The van der Waals surface area contributed by atoms with Crippen molar-refractivity contribution in [1.82, 2.24) is 14.8 Å². The van der Waals surface area contributed by atoms with Crippen molar-refractivity contribution in [1.29, 1.82) is 5.26 Å². The molecule has 0 N–H and O–H groups in total. The van der Waals surface area contributed by atoms with E-state index in [1.54, 1.807) is 11.0 Å². The van der Waals surface area contributed by atoms with Gasteiger partial charge in [0, 0.05) is 50.0 Å². The zero-order valence-corrected chi connectivity index (χ0v) is 23.8. The van der Waals surface area contributed by atoms with Gasteiger partial charge in [-0.25, -0.2) is 9.37 Å². The van der Waals surface area contributed by atoms with Crippen molar-refractivity contribution >= 4 is 17.3 Å². The Hall–Kier alpha value is -3.85. The van der Waals surface area contributed by atoms with Gasteiger partial charge < -0.3 is 24.3 Å². The van der Waals surface area contributed by atoms with Crippen molar-refractivity contribution in [3.63, 3.8) is 0 Å². The number of carbonyl (C=O) groups excluding carboxylic acids is 1. The first kappa shape index (κ1) is 29.6. The van der Waals surface area contributed by atoms with Gasteiger partial charge in [-0.1, -0.05) is 18.7 Å². The molecule has 0 spiro atoms. The first-order valence-electron chi connectivity index (χ1n) is 14.1. The number of halogens is 4. The van der Waals surface area contributed by atoms with Crippen LogP contribution in [0.1, 0.15) is 40.8 Å². The highest BCUT2D eigenvalue weighted by atomic mass is 19.4. The minimum Gasteiger partial charge on any atom is -0.475 e. The number of piperazine rings is 1. The lowest BCUT2D eigenvalue weighted by Gasteiger charge is -2.39. The Morgan fingerprint density at radius 1 is 1.17 bits per heavy atom. The molecular formula is C30H34F4N6O2. The minimum absolute atomic E-state index is 0.0921. The van der Waals surface area contributed by atoms with Crippen molar-refractivity contribution in [2.45, 2.75) is 44.9 Å². The summed E-state index contributed by atoms with van der Waals surface area (Å²) < 4.78 is 61.9. The maximum Gasteiger partial charge on any atom is 0.418 e. The third kappa shape index (κ3) is 5.75. The van der Waals surface area contributed by atoms with Crippen LogP contribution in [0.5, 0.6) is 5.88 Å². The summed E-state index contributed by atoms with van der Waals surface area (Å²) in [4.78, 5) is 24.1. The fourth-order valence-corrected chi connectivity index (χ4v) is 6.25. The molecule has 0 radical (unpaired) electrons. The number of ether oxygens (including phenoxy) is 1. The van der Waals surface area contributed by atoms with E-state index in [9.17, 15) is 27.6 Å². The number of likely N-dealkylation sites (tertiary alicyclic amines) is 1. The average Bonchev–Trinajstić information content (AvgIpc) is 3.38. The Labute approximate surface area is 242 Å². The van der Waals surface area contributed by atoms with Gasteiger partial charge >= 0.3 is 6.18 Å². The first-order valence-corrected chi connectivity index (χ1v) is 14.1. The monoisotopic (exact) mass is 586 g/mol. The lowest BCUT2D eigenvalue weighted by molar-refractivity contribution is -0.137. The number of aryl methyl sites for hydroxylation is 1. The standard InChI is InChI=1S/C30H34F4N6O2/c1-19-6-4-8-25(26(19)30(32,33)34)40-11-9-22-24(17-40)36-28(42-18-21-7-5-10-37(21)3)23(16-35)27(22)38-12-14-39(15-13-38)29(41)20(2)31/h4,6,8,21H,2,5,7,9-15,17-18H2,1,3H3. The summed E-state index contributed by atoms with van der Waals surface area (Å²) in [5.41, 5.74) is 1.80. The van der Waals surface area contributed by atoms with Crippen LogP contribution in [0.15, 0.2) is 30.6 Å². The van der Waals surface area contributed by atoms with Crippen molar-refractivity contribution in [3.05, 3.63) is 58.6 Å². The van der Waals surface area contributed by atoms with Crippen molar-refractivity contribution in [2.75, 3.05) is 62.7 Å². The largest absolute Gasteiger partial charge is 0.475 e. The molecule has 3 aliphatic rings. The molecule has 1 unspecified atom stereocenters. The number of hydrogen-bond donors (Lipinski definition) is 0. The van der Waals surface area contributed by atoms with Crippen LogP contribution in [0.25, 0.3) is 0 Å². The van der Waals surface area contributed by atoms with E-state index >= 15 is 0 Å². The first-order chi connectivity index (χ1) is 20.0. The van der Waals surface area contributed by atoms with E-state index in [1.807, 2.05) is 11.9 Å². The second-order valence-corrected chi connectivity index (χ2v) is 11.1. The Morgan fingerprint density at radius 2 is 1.90 bits per heavy atom. The molecule has 12 heteroatoms. The molecule has 2 fully saturated rings. The molecule has 3 aliphatic heterocycles. The molecular weight excluding hydrogens is 552 g/mol. The number of aromatic nitrogens is 1. The topological polar surface area (TPSA) is 75.9 Å². The summed E-state index contributed by atoms with van der Waals surface area (Å²) in [5.74, 6) is -1.63. The number of nitrogens with zero attached hydrogens (tertiary/aromatic N) is 6. The maximum absolute atomic E-state index is 14.1. The third-order valence-electron chi connectivity index (χ3n) is 8.48. The highest BCUT2D eigenvalue weighted by molar-refractivity contribution is 5.90. The number of benzene rings is 1. The van der Waals surface area contributed by atoms with Gasteiger partial charge in [-0.3, -0.25) is 4.79 Å². The fourth-order valence-electron chi connectivity index (χ4n) is 6.25. The normalized spacial score (nSPS) is 19.5. The van der Waals surface area contributed by atoms with E-state index in [-0.39, 0.29) is 48.4 Å². The van der Waals surface area contributed by atoms with E-state index in [1.165, 1.54) is 24.0 Å². The predicted molar refractivity (Wildman–Crippen MR) is 150 cm³/mol. The summed E-state index contributed by atoms with van der Waals surface area (Å²) in [6.07, 6.45) is -2.16. The molecule has 224 valence electrons. The summed E-state index contributed by atoms with van der Waals surface area (Å²) in [7, 11) is 2.02. The molecule has 5 rings (SSSR count). The zero-order valence-electron chi connectivity index (χ0n) is 23.8. The highest BCUT2D eigenvalue weighted by Gasteiger charge is 2.38. The van der Waals surface area contributed by atoms with Gasteiger partial charge in [-0.2, -0.15) is 18.4 Å². The number of rotatable bonds is 6. The minimum atomic E-state index is -4.52. The van der Waals surface area contributed by atoms with Gasteiger partial charge in [0.05, 0.1) is 23.5 Å². The number of carbonyl (C=O) groups is 1. The van der Waals surface area contributed by atoms with Crippen LogP contribution >= 0.6 is 0 Å². The summed E-state index contributed by atoms with van der Waals surface area (Å²) in [6, 6.07) is 6.99. The van der Waals surface area contributed by atoms with Crippen molar-refractivity contribution < 1.29 is 27.1 Å². The SMILES string of the molecule is C=C(F)C(=O)N1CCN(c2c(C#N)c(OCC3CCCN3C)nc3c2CCN(c2cccc(C)c2C(F)(F)F)C3)CC1. The molecule has 4 heterocycles. The van der Waals surface area contributed by atoms with Crippen LogP contribution in [0, 0.1) is 18.3 Å². The van der Waals surface area contributed by atoms with Gasteiger partial charge in [-0.05, 0) is 51.4 Å². The lowest BCUT2D eigenvalue weighted by Crippen LogP contribution is -2.49. The van der Waals surface area contributed by atoms with E-state index in [0.717, 1.165) is 24.9 Å². The number of fused-ring (bicyclic) bond motifs is 1. The van der Waals surface area contributed by atoms with Gasteiger partial charge in [0.2, 0.25) is 5.88 Å². The molecule has 1 aromatic carbocycles. The predicted octanol–water partition coefficient (Wildman–Crippen LogP) is 4.45. The van der Waals surface area contributed by atoms with Crippen LogP contribution in [-0.4, -0.2) is 79.7 Å². The zero-order chi connectivity index (χ0) is 30.2. The third-order valence-corrected chi connectivity index (χ3v) is 8.48. The number of hydrogen-bond acceptors (Lipinski definition) is 7. The second kappa shape index (κ2) is 11.8. The van der Waals surface area contributed by atoms with Crippen LogP contribution in [0.4, 0.5) is 28.9 Å². The molecule has 0 bridgehead atoms. The smallest absolute Gasteiger partial charge is 0.418 e. The number of alkyl halides is 3. The molecule has 0 aliphatic carbocycles. The molecule has 42 heavy (non-hydrogen) atoms. The number of anilines is 2. The number of nitriles is 1.